The Labute approximate surface area is 149 Å². The van der Waals surface area contributed by atoms with E-state index in [1.165, 1.54) is 12.1 Å². The first-order chi connectivity index (χ1) is 11.9. The molecule has 5 nitrogen and oxygen atoms in total. The number of benzene rings is 1. The summed E-state index contributed by atoms with van der Waals surface area (Å²) in [6.07, 6.45) is -0.670. The lowest BCUT2D eigenvalue weighted by Gasteiger charge is -2.39. The molecule has 2 fully saturated rings. The maximum atomic E-state index is 13.3. The van der Waals surface area contributed by atoms with E-state index >= 15 is 0 Å². The van der Waals surface area contributed by atoms with Crippen LogP contribution in [0.3, 0.4) is 0 Å². The Bertz CT molecular complexity index is 604. The van der Waals surface area contributed by atoms with Crippen molar-refractivity contribution in [3.63, 3.8) is 0 Å². The van der Waals surface area contributed by atoms with Crippen molar-refractivity contribution in [1.82, 2.24) is 14.7 Å². The summed E-state index contributed by atoms with van der Waals surface area (Å²) >= 11 is 0. The predicted molar refractivity (Wildman–Crippen MR) is 94.6 cm³/mol. The number of aliphatic hydroxyl groups excluding tert-OH is 1. The number of amides is 1. The molecule has 3 unspecified atom stereocenters. The lowest BCUT2D eigenvalue weighted by Crippen LogP contribution is -2.53. The van der Waals surface area contributed by atoms with Crippen molar-refractivity contribution in [2.45, 2.75) is 26.0 Å². The van der Waals surface area contributed by atoms with E-state index in [2.05, 4.69) is 16.7 Å². The van der Waals surface area contributed by atoms with Gasteiger partial charge in [-0.05, 0) is 23.6 Å². The Hall–Kier alpha value is -1.50. The molecule has 2 heterocycles. The Kier molecular flexibility index (Phi) is 5.71. The monoisotopic (exact) mass is 349 g/mol. The van der Waals surface area contributed by atoms with Crippen LogP contribution in [0.5, 0.6) is 0 Å². The molecule has 3 atom stereocenters. The van der Waals surface area contributed by atoms with Crippen LogP contribution in [0.4, 0.5) is 4.39 Å². The summed E-state index contributed by atoms with van der Waals surface area (Å²) in [6.45, 7) is 9.66. The van der Waals surface area contributed by atoms with Gasteiger partial charge in [0.05, 0.1) is 6.10 Å². The molecule has 2 aliphatic heterocycles. The highest BCUT2D eigenvalue weighted by molar-refractivity contribution is 5.73. The van der Waals surface area contributed by atoms with E-state index in [0.29, 0.717) is 24.1 Å². The molecule has 2 saturated heterocycles. The van der Waals surface area contributed by atoms with E-state index in [4.69, 9.17) is 0 Å². The average molecular weight is 349 g/mol. The second-order valence-electron chi connectivity index (χ2n) is 7.38. The summed E-state index contributed by atoms with van der Waals surface area (Å²) < 4.78 is 13.3. The van der Waals surface area contributed by atoms with E-state index in [-0.39, 0.29) is 11.7 Å². The van der Waals surface area contributed by atoms with Crippen LogP contribution in [0.25, 0.3) is 0 Å². The molecular formula is C19H28FN3O2. The highest BCUT2D eigenvalue weighted by Crippen LogP contribution is 2.25. The number of rotatable bonds is 4. The van der Waals surface area contributed by atoms with Crippen LogP contribution in [0.15, 0.2) is 24.3 Å². The fraction of sp³-hybridized carbons (Fsp3) is 0.632. The molecular weight excluding hydrogens is 321 g/mol. The quantitative estimate of drug-likeness (QED) is 0.891. The number of halogens is 1. The summed E-state index contributed by atoms with van der Waals surface area (Å²) in [5, 5.41) is 10.4. The number of hydrogen-bond acceptors (Lipinski definition) is 4. The van der Waals surface area contributed by atoms with Gasteiger partial charge in [-0.3, -0.25) is 14.6 Å². The van der Waals surface area contributed by atoms with Gasteiger partial charge in [0.25, 0.3) is 0 Å². The number of aliphatic hydroxyl groups is 1. The molecule has 0 aliphatic carbocycles. The highest BCUT2D eigenvalue weighted by atomic mass is 19.1. The predicted octanol–water partition coefficient (Wildman–Crippen LogP) is 1.34. The zero-order chi connectivity index (χ0) is 18.0. The third-order valence-electron chi connectivity index (χ3n) is 5.54. The van der Waals surface area contributed by atoms with Gasteiger partial charge in [0.15, 0.2) is 0 Å². The van der Waals surface area contributed by atoms with Gasteiger partial charge in [-0.25, -0.2) is 4.39 Å². The Morgan fingerprint density at radius 3 is 2.64 bits per heavy atom. The molecule has 0 spiro atoms. The van der Waals surface area contributed by atoms with Gasteiger partial charge in [0.2, 0.25) is 5.91 Å². The largest absolute Gasteiger partial charge is 0.387 e. The molecule has 0 radical (unpaired) electrons. The third-order valence-corrected chi connectivity index (χ3v) is 5.54. The molecule has 1 N–H and O–H groups in total. The SMILES string of the molecule is CC(=O)N1CCN(C2CN(CC(O)c3cccc(F)c3)CC2C)CC1. The molecule has 138 valence electrons. The van der Waals surface area contributed by atoms with Crippen LogP contribution in [-0.2, 0) is 4.79 Å². The first kappa shape index (κ1) is 18.3. The second kappa shape index (κ2) is 7.81. The van der Waals surface area contributed by atoms with Crippen LogP contribution in [0.1, 0.15) is 25.5 Å². The smallest absolute Gasteiger partial charge is 0.219 e. The topological polar surface area (TPSA) is 47.0 Å². The number of β-amino-alcohol motifs (C(OH)–C–C–N with tert-alkyl or cyclic N) is 1. The Morgan fingerprint density at radius 1 is 1.28 bits per heavy atom. The van der Waals surface area contributed by atoms with Crippen molar-refractivity contribution < 1.29 is 14.3 Å². The van der Waals surface area contributed by atoms with Crippen LogP contribution in [0, 0.1) is 11.7 Å². The van der Waals surface area contributed by atoms with Gasteiger partial charge in [-0.2, -0.15) is 0 Å². The minimum atomic E-state index is -0.670. The van der Waals surface area contributed by atoms with Crippen molar-refractivity contribution in [2.24, 2.45) is 5.92 Å². The van der Waals surface area contributed by atoms with Crippen molar-refractivity contribution in [3.8, 4) is 0 Å². The van der Waals surface area contributed by atoms with Gasteiger partial charge in [-0.1, -0.05) is 19.1 Å². The summed E-state index contributed by atoms with van der Waals surface area (Å²) in [5.41, 5.74) is 0.631. The van der Waals surface area contributed by atoms with Crippen LogP contribution >= 0.6 is 0 Å². The lowest BCUT2D eigenvalue weighted by atomic mass is 10.0. The van der Waals surface area contributed by atoms with Crippen molar-refractivity contribution in [1.29, 1.82) is 0 Å². The minimum Gasteiger partial charge on any atom is -0.387 e. The zero-order valence-corrected chi connectivity index (χ0v) is 15.1. The highest BCUT2D eigenvalue weighted by Gasteiger charge is 2.36. The van der Waals surface area contributed by atoms with Crippen LogP contribution in [-0.4, -0.2) is 77.6 Å². The molecule has 25 heavy (non-hydrogen) atoms. The fourth-order valence-corrected chi connectivity index (χ4v) is 4.10. The zero-order valence-electron chi connectivity index (χ0n) is 15.1. The van der Waals surface area contributed by atoms with Gasteiger partial charge >= 0.3 is 0 Å². The molecule has 3 rings (SSSR count). The van der Waals surface area contributed by atoms with E-state index < -0.39 is 6.10 Å². The molecule has 0 aromatic heterocycles. The van der Waals surface area contributed by atoms with Crippen molar-refractivity contribution >= 4 is 5.91 Å². The molecule has 0 bridgehead atoms. The summed E-state index contributed by atoms with van der Waals surface area (Å²) in [7, 11) is 0. The van der Waals surface area contributed by atoms with Crippen molar-refractivity contribution in [3.05, 3.63) is 35.6 Å². The molecule has 6 heteroatoms. The summed E-state index contributed by atoms with van der Waals surface area (Å²) in [6, 6.07) is 6.66. The summed E-state index contributed by atoms with van der Waals surface area (Å²) in [5.74, 6) is 0.357. The van der Waals surface area contributed by atoms with E-state index in [9.17, 15) is 14.3 Å². The normalized spacial score (nSPS) is 26.8. The number of hydrogen-bond donors (Lipinski definition) is 1. The maximum absolute atomic E-state index is 13.3. The second-order valence-corrected chi connectivity index (χ2v) is 7.38. The van der Waals surface area contributed by atoms with Crippen molar-refractivity contribution in [2.75, 3.05) is 45.8 Å². The summed E-state index contributed by atoms with van der Waals surface area (Å²) in [4.78, 5) is 18.1. The standard InChI is InChI=1S/C19H28FN3O2/c1-14-11-21(13-19(25)16-4-3-5-17(20)10-16)12-18(14)23-8-6-22(7-9-23)15(2)24/h3-5,10,14,18-19,25H,6-9,11-13H2,1-2H3. The van der Waals surface area contributed by atoms with Crippen LogP contribution in [0.2, 0.25) is 0 Å². The molecule has 1 aromatic carbocycles. The molecule has 0 saturated carbocycles. The molecule has 1 amide bonds. The first-order valence-corrected chi connectivity index (χ1v) is 9.09. The fourth-order valence-electron chi connectivity index (χ4n) is 4.10. The van der Waals surface area contributed by atoms with Gasteiger partial charge in [0, 0.05) is 58.8 Å². The van der Waals surface area contributed by atoms with Gasteiger partial charge in [-0.15, -0.1) is 0 Å². The third kappa shape index (κ3) is 4.37. The minimum absolute atomic E-state index is 0.152. The average Bonchev–Trinajstić information content (AvgIpc) is 2.95. The Balaban J connectivity index is 1.54. The number of likely N-dealkylation sites (tertiary alicyclic amines) is 1. The number of nitrogens with zero attached hydrogens (tertiary/aromatic N) is 3. The van der Waals surface area contributed by atoms with E-state index in [0.717, 1.165) is 39.3 Å². The van der Waals surface area contributed by atoms with E-state index in [1.807, 2.05) is 4.90 Å². The molecule has 2 aliphatic rings. The number of carbonyl (C=O) groups is 1. The van der Waals surface area contributed by atoms with Gasteiger partial charge in [0.1, 0.15) is 5.82 Å². The maximum Gasteiger partial charge on any atom is 0.219 e. The van der Waals surface area contributed by atoms with E-state index in [1.54, 1.807) is 19.1 Å². The molecule has 1 aromatic rings. The van der Waals surface area contributed by atoms with Gasteiger partial charge < -0.3 is 10.0 Å². The number of carbonyl (C=O) groups excluding carboxylic acids is 1. The first-order valence-electron chi connectivity index (χ1n) is 9.09. The lowest BCUT2D eigenvalue weighted by molar-refractivity contribution is -0.130. The Morgan fingerprint density at radius 2 is 2.00 bits per heavy atom. The number of piperazine rings is 1. The van der Waals surface area contributed by atoms with Crippen LogP contribution < -0.4 is 0 Å².